The minimum absolute atomic E-state index is 0.0124. The highest BCUT2D eigenvalue weighted by Gasteiger charge is 2.30. The van der Waals surface area contributed by atoms with Crippen molar-refractivity contribution in [3.63, 3.8) is 0 Å². The molecule has 2 aromatic carbocycles. The van der Waals surface area contributed by atoms with Gasteiger partial charge in [0.15, 0.2) is 0 Å². The SMILES string of the molecule is CC(C)(C)c1ccc(C(=O)N2CCN(S(=O)(=O)c3cccc(F)c3)CC2)cc1. The van der Waals surface area contributed by atoms with Crippen molar-refractivity contribution in [3.8, 4) is 0 Å². The normalized spacial score (nSPS) is 16.2. The minimum Gasteiger partial charge on any atom is -0.336 e. The Morgan fingerprint density at radius 1 is 0.964 bits per heavy atom. The van der Waals surface area contributed by atoms with Crippen molar-refractivity contribution in [2.24, 2.45) is 0 Å². The van der Waals surface area contributed by atoms with E-state index < -0.39 is 15.8 Å². The van der Waals surface area contributed by atoms with Gasteiger partial charge < -0.3 is 4.90 Å². The van der Waals surface area contributed by atoms with Crippen LogP contribution in [0.15, 0.2) is 53.4 Å². The van der Waals surface area contributed by atoms with Crippen molar-refractivity contribution in [3.05, 3.63) is 65.5 Å². The maximum atomic E-state index is 13.4. The Balaban J connectivity index is 1.67. The molecule has 0 spiro atoms. The zero-order valence-electron chi connectivity index (χ0n) is 16.4. The summed E-state index contributed by atoms with van der Waals surface area (Å²) in [6.45, 7) is 7.31. The first kappa shape index (κ1) is 20.5. The first-order chi connectivity index (χ1) is 13.1. The number of amides is 1. The van der Waals surface area contributed by atoms with Crippen LogP contribution in [0.1, 0.15) is 36.7 Å². The molecule has 3 rings (SSSR count). The number of carbonyl (C=O) groups is 1. The predicted molar refractivity (Wildman–Crippen MR) is 106 cm³/mol. The third kappa shape index (κ3) is 4.25. The average molecular weight is 405 g/mol. The van der Waals surface area contributed by atoms with E-state index in [-0.39, 0.29) is 29.3 Å². The molecule has 0 saturated carbocycles. The number of rotatable bonds is 3. The summed E-state index contributed by atoms with van der Waals surface area (Å²) in [6, 6.07) is 12.5. The first-order valence-corrected chi connectivity index (χ1v) is 10.7. The van der Waals surface area contributed by atoms with Crippen LogP contribution in [0.5, 0.6) is 0 Å². The van der Waals surface area contributed by atoms with E-state index in [0.29, 0.717) is 18.7 Å². The Bertz CT molecular complexity index is 958. The van der Waals surface area contributed by atoms with E-state index in [9.17, 15) is 17.6 Å². The smallest absolute Gasteiger partial charge is 0.253 e. The third-order valence-corrected chi connectivity index (χ3v) is 6.85. The molecule has 2 aromatic rings. The predicted octanol–water partition coefficient (Wildman–Crippen LogP) is 3.27. The Hall–Kier alpha value is -2.25. The number of hydrogen-bond donors (Lipinski definition) is 0. The molecule has 0 atom stereocenters. The lowest BCUT2D eigenvalue weighted by atomic mass is 9.86. The van der Waals surface area contributed by atoms with Gasteiger partial charge in [0.05, 0.1) is 4.90 Å². The lowest BCUT2D eigenvalue weighted by Crippen LogP contribution is -2.50. The molecule has 0 N–H and O–H groups in total. The van der Waals surface area contributed by atoms with Gasteiger partial charge in [-0.3, -0.25) is 4.79 Å². The molecular weight excluding hydrogens is 379 g/mol. The largest absolute Gasteiger partial charge is 0.336 e. The summed E-state index contributed by atoms with van der Waals surface area (Å²) in [4.78, 5) is 14.3. The average Bonchev–Trinajstić information content (AvgIpc) is 2.67. The van der Waals surface area contributed by atoms with Gasteiger partial charge in [-0.05, 0) is 41.3 Å². The molecule has 1 amide bonds. The van der Waals surface area contributed by atoms with Gasteiger partial charge in [-0.2, -0.15) is 4.31 Å². The van der Waals surface area contributed by atoms with Crippen molar-refractivity contribution < 1.29 is 17.6 Å². The molecule has 28 heavy (non-hydrogen) atoms. The van der Waals surface area contributed by atoms with Crippen molar-refractivity contribution in [2.45, 2.75) is 31.1 Å². The molecular formula is C21H25FN2O3S. The molecule has 0 unspecified atom stereocenters. The van der Waals surface area contributed by atoms with Crippen LogP contribution >= 0.6 is 0 Å². The van der Waals surface area contributed by atoms with Crippen LogP contribution < -0.4 is 0 Å². The quantitative estimate of drug-likeness (QED) is 0.789. The molecule has 1 heterocycles. The fourth-order valence-corrected chi connectivity index (χ4v) is 4.66. The Labute approximate surface area is 165 Å². The molecule has 1 aliphatic rings. The third-order valence-electron chi connectivity index (χ3n) is 4.96. The molecule has 0 radical (unpaired) electrons. The van der Waals surface area contributed by atoms with Gasteiger partial charge in [0.2, 0.25) is 10.0 Å². The minimum atomic E-state index is -3.76. The maximum absolute atomic E-state index is 13.4. The van der Waals surface area contributed by atoms with E-state index in [4.69, 9.17) is 0 Å². The Morgan fingerprint density at radius 3 is 2.11 bits per heavy atom. The van der Waals surface area contributed by atoms with E-state index in [1.165, 1.54) is 22.5 Å². The molecule has 1 fully saturated rings. The van der Waals surface area contributed by atoms with Crippen LogP contribution in [-0.4, -0.2) is 49.7 Å². The number of piperazine rings is 1. The number of carbonyl (C=O) groups excluding carboxylic acids is 1. The summed E-state index contributed by atoms with van der Waals surface area (Å²) < 4.78 is 40.0. The summed E-state index contributed by atoms with van der Waals surface area (Å²) in [7, 11) is -3.76. The number of halogens is 1. The standard InChI is InChI=1S/C21H25FN2O3S/c1-21(2,3)17-9-7-16(8-10-17)20(25)23-11-13-24(14-12-23)28(26,27)19-6-4-5-18(22)15-19/h4-10,15H,11-14H2,1-3H3. The van der Waals surface area contributed by atoms with Crippen molar-refractivity contribution in [2.75, 3.05) is 26.2 Å². The van der Waals surface area contributed by atoms with Gasteiger partial charge in [-0.1, -0.05) is 39.0 Å². The highest BCUT2D eigenvalue weighted by atomic mass is 32.2. The second-order valence-corrected chi connectivity index (χ2v) is 9.92. The number of benzene rings is 2. The van der Waals surface area contributed by atoms with Crippen LogP contribution in [0, 0.1) is 5.82 Å². The molecule has 0 bridgehead atoms. The van der Waals surface area contributed by atoms with Gasteiger partial charge in [0.1, 0.15) is 5.82 Å². The Morgan fingerprint density at radius 2 is 1.57 bits per heavy atom. The molecule has 150 valence electrons. The lowest BCUT2D eigenvalue weighted by molar-refractivity contribution is 0.0698. The molecule has 1 aliphatic heterocycles. The summed E-state index contributed by atoms with van der Waals surface area (Å²) in [5.74, 6) is -0.697. The van der Waals surface area contributed by atoms with E-state index >= 15 is 0 Å². The molecule has 5 nitrogen and oxygen atoms in total. The summed E-state index contributed by atoms with van der Waals surface area (Å²) >= 11 is 0. The van der Waals surface area contributed by atoms with Crippen LogP contribution in [0.3, 0.4) is 0 Å². The van der Waals surface area contributed by atoms with Gasteiger partial charge in [0, 0.05) is 31.7 Å². The molecule has 0 aliphatic carbocycles. The molecule has 7 heteroatoms. The first-order valence-electron chi connectivity index (χ1n) is 9.24. The van der Waals surface area contributed by atoms with E-state index in [1.807, 2.05) is 24.3 Å². The van der Waals surface area contributed by atoms with Crippen LogP contribution in [-0.2, 0) is 15.4 Å². The lowest BCUT2D eigenvalue weighted by Gasteiger charge is -2.34. The highest BCUT2D eigenvalue weighted by molar-refractivity contribution is 7.89. The van der Waals surface area contributed by atoms with Gasteiger partial charge in [-0.25, -0.2) is 12.8 Å². The molecule has 1 saturated heterocycles. The summed E-state index contributed by atoms with van der Waals surface area (Å²) in [5.41, 5.74) is 1.75. The summed E-state index contributed by atoms with van der Waals surface area (Å²) in [5, 5.41) is 0. The second-order valence-electron chi connectivity index (χ2n) is 7.98. The van der Waals surface area contributed by atoms with Crippen LogP contribution in [0.25, 0.3) is 0 Å². The van der Waals surface area contributed by atoms with E-state index in [1.54, 1.807) is 4.90 Å². The van der Waals surface area contributed by atoms with Crippen molar-refractivity contribution >= 4 is 15.9 Å². The zero-order chi connectivity index (χ0) is 20.5. The molecule has 0 aromatic heterocycles. The fourth-order valence-electron chi connectivity index (χ4n) is 3.20. The topological polar surface area (TPSA) is 57.7 Å². The highest BCUT2D eigenvalue weighted by Crippen LogP contribution is 2.23. The maximum Gasteiger partial charge on any atom is 0.253 e. The van der Waals surface area contributed by atoms with Crippen LogP contribution in [0.2, 0.25) is 0 Å². The fraction of sp³-hybridized carbons (Fsp3) is 0.381. The van der Waals surface area contributed by atoms with Gasteiger partial charge in [0.25, 0.3) is 5.91 Å². The summed E-state index contributed by atoms with van der Waals surface area (Å²) in [6.07, 6.45) is 0. The second kappa shape index (κ2) is 7.64. The van der Waals surface area contributed by atoms with E-state index in [2.05, 4.69) is 20.8 Å². The van der Waals surface area contributed by atoms with Gasteiger partial charge >= 0.3 is 0 Å². The Kier molecular flexibility index (Phi) is 5.59. The van der Waals surface area contributed by atoms with Crippen molar-refractivity contribution in [1.29, 1.82) is 0 Å². The number of sulfonamides is 1. The number of nitrogens with zero attached hydrogens (tertiary/aromatic N) is 2. The number of hydrogen-bond acceptors (Lipinski definition) is 3. The van der Waals surface area contributed by atoms with Gasteiger partial charge in [-0.15, -0.1) is 0 Å². The monoisotopic (exact) mass is 404 g/mol. The van der Waals surface area contributed by atoms with Crippen molar-refractivity contribution in [1.82, 2.24) is 9.21 Å². The zero-order valence-corrected chi connectivity index (χ0v) is 17.2. The van der Waals surface area contributed by atoms with E-state index in [0.717, 1.165) is 11.6 Å². The van der Waals surface area contributed by atoms with Crippen LogP contribution in [0.4, 0.5) is 4.39 Å².